The number of nitrogens with one attached hydrogen (secondary N) is 1. The van der Waals surface area contributed by atoms with Gasteiger partial charge in [-0.1, -0.05) is 13.0 Å². The Balaban J connectivity index is 1.90. The summed E-state index contributed by atoms with van der Waals surface area (Å²) in [7, 11) is 0. The first kappa shape index (κ1) is 11.9. The Morgan fingerprint density at radius 1 is 1.47 bits per heavy atom. The highest BCUT2D eigenvalue weighted by Crippen LogP contribution is 2.26. The van der Waals surface area contributed by atoms with Gasteiger partial charge in [0.05, 0.1) is 11.6 Å². The molecule has 2 rings (SSSR count). The van der Waals surface area contributed by atoms with Crippen LogP contribution in [-0.4, -0.2) is 18.7 Å². The fourth-order valence-electron chi connectivity index (χ4n) is 1.99. The molecular weight excluding hydrogens is 212 g/mol. The first-order chi connectivity index (χ1) is 8.33. The van der Waals surface area contributed by atoms with E-state index in [2.05, 4.69) is 18.3 Å². The van der Waals surface area contributed by atoms with Gasteiger partial charge in [0.25, 0.3) is 0 Å². The highest BCUT2D eigenvalue weighted by Gasteiger charge is 2.31. The fourth-order valence-corrected chi connectivity index (χ4v) is 1.99. The minimum atomic E-state index is 0.260. The molecule has 0 aromatic heterocycles. The molecule has 90 valence electrons. The van der Waals surface area contributed by atoms with Gasteiger partial charge in [-0.25, -0.2) is 0 Å². The van der Waals surface area contributed by atoms with Crippen molar-refractivity contribution in [2.45, 2.75) is 38.3 Å². The highest BCUT2D eigenvalue weighted by molar-refractivity contribution is 5.36. The van der Waals surface area contributed by atoms with Crippen LogP contribution in [0.3, 0.4) is 0 Å². The van der Waals surface area contributed by atoms with E-state index < -0.39 is 0 Å². The Morgan fingerprint density at radius 3 is 3.00 bits per heavy atom. The van der Waals surface area contributed by atoms with Crippen molar-refractivity contribution >= 4 is 0 Å². The lowest BCUT2D eigenvalue weighted by Gasteiger charge is -2.37. The summed E-state index contributed by atoms with van der Waals surface area (Å²) >= 11 is 0. The average molecular weight is 230 g/mol. The van der Waals surface area contributed by atoms with Gasteiger partial charge in [-0.05, 0) is 44.0 Å². The lowest BCUT2D eigenvalue weighted by atomic mass is 9.89. The molecule has 1 aliphatic rings. The maximum Gasteiger partial charge on any atom is 0.121 e. The first-order valence-corrected chi connectivity index (χ1v) is 6.23. The molecule has 1 saturated carbocycles. The number of rotatable bonds is 5. The zero-order valence-electron chi connectivity index (χ0n) is 10.1. The van der Waals surface area contributed by atoms with Crippen molar-refractivity contribution in [3.8, 4) is 11.8 Å². The summed E-state index contributed by atoms with van der Waals surface area (Å²) in [5.41, 5.74) is 0.653. The average Bonchev–Trinajstić information content (AvgIpc) is 2.35. The number of hydrogen-bond acceptors (Lipinski definition) is 3. The van der Waals surface area contributed by atoms with Crippen LogP contribution >= 0.6 is 0 Å². The monoisotopic (exact) mass is 230 g/mol. The van der Waals surface area contributed by atoms with Crippen molar-refractivity contribution in [3.05, 3.63) is 29.8 Å². The van der Waals surface area contributed by atoms with E-state index in [1.54, 1.807) is 12.1 Å². The molecule has 0 amide bonds. The predicted molar refractivity (Wildman–Crippen MR) is 66.9 cm³/mol. The maximum absolute atomic E-state index is 8.82. The molecule has 0 spiro atoms. The van der Waals surface area contributed by atoms with Crippen LogP contribution in [0.1, 0.15) is 31.7 Å². The van der Waals surface area contributed by atoms with Gasteiger partial charge in [-0.2, -0.15) is 5.26 Å². The quantitative estimate of drug-likeness (QED) is 0.845. The summed E-state index contributed by atoms with van der Waals surface area (Å²) in [4.78, 5) is 0. The van der Waals surface area contributed by atoms with Crippen LogP contribution in [0, 0.1) is 11.3 Å². The van der Waals surface area contributed by atoms with E-state index in [1.165, 1.54) is 6.42 Å². The normalized spacial score (nSPS) is 22.6. The van der Waals surface area contributed by atoms with Crippen LogP contribution in [0.2, 0.25) is 0 Å². The van der Waals surface area contributed by atoms with Crippen LogP contribution in [0.15, 0.2) is 24.3 Å². The standard InChI is InChI=1S/C14H18N2O/c1-2-8-16-13-6-7-14(13)17-12-5-3-4-11(9-12)10-15/h3-5,9,13-14,16H,2,6-8H2,1H3/t13-,14?/m0/s1. The second kappa shape index (κ2) is 5.70. The molecule has 1 aliphatic carbocycles. The van der Waals surface area contributed by atoms with Crippen LogP contribution < -0.4 is 10.1 Å². The summed E-state index contributed by atoms with van der Waals surface area (Å²) in [6.45, 7) is 3.21. The van der Waals surface area contributed by atoms with Crippen molar-refractivity contribution in [2.24, 2.45) is 0 Å². The van der Waals surface area contributed by atoms with Crippen LogP contribution in [0.5, 0.6) is 5.75 Å². The minimum Gasteiger partial charge on any atom is -0.489 e. The van der Waals surface area contributed by atoms with Crippen molar-refractivity contribution in [2.75, 3.05) is 6.54 Å². The van der Waals surface area contributed by atoms with Crippen LogP contribution in [-0.2, 0) is 0 Å². The Kier molecular flexibility index (Phi) is 4.00. The molecule has 3 nitrogen and oxygen atoms in total. The molecule has 0 bridgehead atoms. The maximum atomic E-state index is 8.82. The lowest BCUT2D eigenvalue weighted by Crippen LogP contribution is -2.51. The van der Waals surface area contributed by atoms with E-state index in [9.17, 15) is 0 Å². The molecule has 2 atom stereocenters. The summed E-state index contributed by atoms with van der Waals surface area (Å²) in [6, 6.07) is 9.97. The molecule has 1 aromatic carbocycles. The van der Waals surface area contributed by atoms with E-state index in [0.717, 1.165) is 25.1 Å². The molecule has 1 fully saturated rings. The number of hydrogen-bond donors (Lipinski definition) is 1. The van der Waals surface area contributed by atoms with Gasteiger partial charge >= 0.3 is 0 Å². The fraction of sp³-hybridized carbons (Fsp3) is 0.500. The molecular formula is C14H18N2O. The Morgan fingerprint density at radius 2 is 2.35 bits per heavy atom. The topological polar surface area (TPSA) is 45.0 Å². The van der Waals surface area contributed by atoms with E-state index in [4.69, 9.17) is 10.00 Å². The molecule has 0 aliphatic heterocycles. The Labute approximate surface area is 102 Å². The van der Waals surface area contributed by atoms with Gasteiger partial charge in [0.2, 0.25) is 0 Å². The first-order valence-electron chi connectivity index (χ1n) is 6.23. The van der Waals surface area contributed by atoms with Crippen molar-refractivity contribution in [3.63, 3.8) is 0 Å². The SMILES string of the molecule is CCCN[C@H]1CCC1Oc1cccc(C#N)c1. The van der Waals surface area contributed by atoms with E-state index in [1.807, 2.05) is 12.1 Å². The van der Waals surface area contributed by atoms with E-state index in [0.29, 0.717) is 11.6 Å². The number of benzene rings is 1. The third kappa shape index (κ3) is 2.98. The molecule has 0 saturated heterocycles. The van der Waals surface area contributed by atoms with Crippen molar-refractivity contribution in [1.29, 1.82) is 5.26 Å². The largest absolute Gasteiger partial charge is 0.489 e. The predicted octanol–water partition coefficient (Wildman–Crippen LogP) is 2.47. The van der Waals surface area contributed by atoms with Crippen LogP contribution in [0.25, 0.3) is 0 Å². The second-order valence-corrected chi connectivity index (χ2v) is 4.43. The second-order valence-electron chi connectivity index (χ2n) is 4.43. The molecule has 3 heteroatoms. The Bertz CT molecular complexity index is 411. The third-order valence-electron chi connectivity index (χ3n) is 3.12. The Hall–Kier alpha value is -1.53. The van der Waals surface area contributed by atoms with E-state index >= 15 is 0 Å². The zero-order chi connectivity index (χ0) is 12.1. The molecule has 1 aromatic rings. The van der Waals surface area contributed by atoms with E-state index in [-0.39, 0.29) is 6.10 Å². The molecule has 0 heterocycles. The van der Waals surface area contributed by atoms with Gasteiger partial charge in [0, 0.05) is 6.04 Å². The summed E-state index contributed by atoms with van der Waals surface area (Å²) < 4.78 is 5.89. The molecule has 0 radical (unpaired) electrons. The van der Waals surface area contributed by atoms with Crippen molar-refractivity contribution < 1.29 is 4.74 Å². The van der Waals surface area contributed by atoms with Gasteiger partial charge in [0.15, 0.2) is 0 Å². The number of nitriles is 1. The number of ether oxygens (including phenoxy) is 1. The summed E-state index contributed by atoms with van der Waals surface area (Å²) in [5.74, 6) is 0.803. The lowest BCUT2D eigenvalue weighted by molar-refractivity contribution is 0.0729. The van der Waals surface area contributed by atoms with Gasteiger partial charge < -0.3 is 10.1 Å². The minimum absolute atomic E-state index is 0.260. The smallest absolute Gasteiger partial charge is 0.121 e. The van der Waals surface area contributed by atoms with Crippen molar-refractivity contribution in [1.82, 2.24) is 5.32 Å². The number of nitrogens with zero attached hydrogens (tertiary/aromatic N) is 1. The summed E-state index contributed by atoms with van der Waals surface area (Å²) in [6.07, 6.45) is 3.68. The molecule has 17 heavy (non-hydrogen) atoms. The molecule has 1 N–H and O–H groups in total. The van der Waals surface area contributed by atoms with Gasteiger partial charge in [0.1, 0.15) is 11.9 Å². The molecule has 1 unspecified atom stereocenters. The van der Waals surface area contributed by atoms with Gasteiger partial charge in [-0.15, -0.1) is 0 Å². The third-order valence-corrected chi connectivity index (χ3v) is 3.12. The zero-order valence-corrected chi connectivity index (χ0v) is 10.1. The van der Waals surface area contributed by atoms with Gasteiger partial charge in [-0.3, -0.25) is 0 Å². The van der Waals surface area contributed by atoms with Crippen LogP contribution in [0.4, 0.5) is 0 Å². The summed E-state index contributed by atoms with van der Waals surface area (Å²) in [5, 5.41) is 12.3. The highest BCUT2D eigenvalue weighted by atomic mass is 16.5.